The Kier molecular flexibility index (Phi) is 6.96. The number of nitrogens with one attached hydrogen (secondary N) is 1. The molecule has 6 nitrogen and oxygen atoms in total. The quantitative estimate of drug-likeness (QED) is 0.605. The third-order valence-electron chi connectivity index (χ3n) is 6.21. The topological polar surface area (TPSA) is 73.9 Å². The highest BCUT2D eigenvalue weighted by atomic mass is 16.5. The van der Waals surface area contributed by atoms with Crippen LogP contribution in [-0.2, 0) is 9.59 Å². The number of carbonyl (C=O) groups is 2. The zero-order chi connectivity index (χ0) is 24.4. The van der Waals surface area contributed by atoms with Gasteiger partial charge < -0.3 is 19.5 Å². The van der Waals surface area contributed by atoms with Crippen LogP contribution in [0.3, 0.4) is 0 Å². The van der Waals surface area contributed by atoms with Crippen LogP contribution in [0.5, 0.6) is 17.2 Å². The van der Waals surface area contributed by atoms with Crippen LogP contribution >= 0.6 is 0 Å². The first kappa shape index (κ1) is 23.9. The lowest BCUT2D eigenvalue weighted by Gasteiger charge is -2.34. The van der Waals surface area contributed by atoms with Gasteiger partial charge in [0.2, 0.25) is 5.91 Å². The second-order valence-electron chi connectivity index (χ2n) is 9.54. The summed E-state index contributed by atoms with van der Waals surface area (Å²) in [4.78, 5) is 26.0. The highest BCUT2D eigenvalue weighted by Gasteiger charge is 2.38. The summed E-state index contributed by atoms with van der Waals surface area (Å²) >= 11 is 0. The van der Waals surface area contributed by atoms with Crippen molar-refractivity contribution in [1.29, 1.82) is 0 Å². The summed E-state index contributed by atoms with van der Waals surface area (Å²) < 4.78 is 17.1. The molecule has 2 aliphatic rings. The van der Waals surface area contributed by atoms with E-state index in [0.29, 0.717) is 24.3 Å². The van der Waals surface area contributed by atoms with Gasteiger partial charge in [0.25, 0.3) is 0 Å². The summed E-state index contributed by atoms with van der Waals surface area (Å²) in [6.45, 7) is 7.89. The molecule has 0 spiro atoms. The number of ketones is 1. The normalized spacial score (nSPS) is 20.3. The molecule has 6 heteroatoms. The molecule has 1 heterocycles. The number of hydrogen-bond acceptors (Lipinski definition) is 5. The Morgan fingerprint density at radius 2 is 1.50 bits per heavy atom. The number of benzene rings is 2. The van der Waals surface area contributed by atoms with Crippen molar-refractivity contribution < 1.29 is 23.8 Å². The van der Waals surface area contributed by atoms with Crippen LogP contribution in [0.25, 0.3) is 0 Å². The summed E-state index contributed by atoms with van der Waals surface area (Å²) in [7, 11) is 1.61. The predicted molar refractivity (Wildman–Crippen MR) is 130 cm³/mol. The van der Waals surface area contributed by atoms with Crippen molar-refractivity contribution in [2.24, 2.45) is 0 Å². The first-order valence-electron chi connectivity index (χ1n) is 11.9. The van der Waals surface area contributed by atoms with Crippen molar-refractivity contribution in [2.45, 2.75) is 71.0 Å². The number of amides is 1. The van der Waals surface area contributed by atoms with Crippen molar-refractivity contribution in [1.82, 2.24) is 5.32 Å². The zero-order valence-corrected chi connectivity index (χ0v) is 20.5. The highest BCUT2D eigenvalue weighted by Crippen LogP contribution is 2.44. The van der Waals surface area contributed by atoms with Gasteiger partial charge in [-0.1, -0.05) is 18.2 Å². The van der Waals surface area contributed by atoms with E-state index >= 15 is 0 Å². The third-order valence-corrected chi connectivity index (χ3v) is 6.21. The lowest BCUT2D eigenvalue weighted by atomic mass is 9.73. The van der Waals surface area contributed by atoms with Gasteiger partial charge in [-0.05, 0) is 75.4 Å². The molecule has 1 aliphatic heterocycles. The summed E-state index contributed by atoms with van der Waals surface area (Å²) in [6, 6.07) is 13.6. The molecular formula is C28H33NO5. The van der Waals surface area contributed by atoms with Crippen LogP contribution < -0.4 is 19.5 Å². The molecule has 4 rings (SSSR count). The van der Waals surface area contributed by atoms with Gasteiger partial charge in [0, 0.05) is 30.0 Å². The summed E-state index contributed by atoms with van der Waals surface area (Å²) in [5.74, 6) is 1.86. The molecule has 2 unspecified atom stereocenters. The molecule has 1 aliphatic carbocycles. The Morgan fingerprint density at radius 3 is 2.15 bits per heavy atom. The number of hydrogen-bond donors (Lipinski definition) is 1. The SMILES string of the molecule is COc1cc(C2CC(=O)C3=C(C2)NC(=O)CC3c2ccc(OC(C)C)cc2)ccc1OC(C)C. The molecule has 0 saturated carbocycles. The third kappa shape index (κ3) is 5.11. The standard InChI is InChI=1S/C28H33NO5/c1-16(2)33-21-9-6-18(7-10-21)22-15-27(31)29-23-12-20(13-24(30)28(22)23)19-8-11-25(34-17(3)4)26(14-19)32-5/h6-11,14,16-17,20,22H,12-13,15H2,1-5H3,(H,29,31). The van der Waals surface area contributed by atoms with Gasteiger partial charge in [0.1, 0.15) is 5.75 Å². The average molecular weight is 464 g/mol. The second kappa shape index (κ2) is 9.92. The zero-order valence-electron chi connectivity index (χ0n) is 20.5. The van der Waals surface area contributed by atoms with E-state index in [9.17, 15) is 9.59 Å². The molecular weight excluding hydrogens is 430 g/mol. The Bertz CT molecular complexity index is 1100. The molecule has 0 radical (unpaired) electrons. The molecule has 1 amide bonds. The van der Waals surface area contributed by atoms with E-state index in [0.717, 1.165) is 28.1 Å². The maximum Gasteiger partial charge on any atom is 0.225 e. The van der Waals surface area contributed by atoms with E-state index in [4.69, 9.17) is 14.2 Å². The number of methoxy groups -OCH3 is 1. The summed E-state index contributed by atoms with van der Waals surface area (Å²) in [6.07, 6.45) is 1.39. The van der Waals surface area contributed by atoms with E-state index in [2.05, 4.69) is 5.32 Å². The first-order chi connectivity index (χ1) is 16.2. The van der Waals surface area contributed by atoms with Crippen LogP contribution in [0.1, 0.15) is 69.9 Å². The van der Waals surface area contributed by atoms with Gasteiger partial charge in [0.15, 0.2) is 17.3 Å². The minimum Gasteiger partial charge on any atom is -0.493 e. The van der Waals surface area contributed by atoms with Crippen molar-refractivity contribution >= 4 is 11.7 Å². The van der Waals surface area contributed by atoms with E-state index < -0.39 is 0 Å². The van der Waals surface area contributed by atoms with Gasteiger partial charge >= 0.3 is 0 Å². The first-order valence-corrected chi connectivity index (χ1v) is 11.9. The largest absolute Gasteiger partial charge is 0.493 e. The van der Waals surface area contributed by atoms with E-state index in [1.54, 1.807) is 7.11 Å². The number of allylic oxidation sites excluding steroid dienone is 2. The lowest BCUT2D eigenvalue weighted by molar-refractivity contribution is -0.122. The van der Waals surface area contributed by atoms with E-state index in [-0.39, 0.29) is 42.2 Å². The fourth-order valence-corrected chi connectivity index (χ4v) is 4.82. The molecule has 180 valence electrons. The lowest BCUT2D eigenvalue weighted by Crippen LogP contribution is -2.38. The van der Waals surface area contributed by atoms with Crippen LogP contribution in [0.4, 0.5) is 0 Å². The van der Waals surface area contributed by atoms with Gasteiger partial charge in [-0.25, -0.2) is 0 Å². The minimum absolute atomic E-state index is 0.0316. The molecule has 2 aromatic rings. The molecule has 0 fully saturated rings. The molecule has 2 atom stereocenters. The predicted octanol–water partition coefficient (Wildman–Crippen LogP) is 5.27. The maximum absolute atomic E-state index is 13.4. The van der Waals surface area contributed by atoms with Crippen LogP contribution in [-0.4, -0.2) is 31.0 Å². The van der Waals surface area contributed by atoms with Crippen molar-refractivity contribution in [2.75, 3.05) is 7.11 Å². The van der Waals surface area contributed by atoms with Crippen molar-refractivity contribution in [3.63, 3.8) is 0 Å². The average Bonchev–Trinajstić information content (AvgIpc) is 2.78. The maximum atomic E-state index is 13.4. The van der Waals surface area contributed by atoms with Crippen molar-refractivity contribution in [3.05, 3.63) is 64.9 Å². The van der Waals surface area contributed by atoms with E-state index in [1.807, 2.05) is 70.2 Å². The Labute approximate surface area is 201 Å². The summed E-state index contributed by atoms with van der Waals surface area (Å²) in [5.41, 5.74) is 3.44. The Morgan fingerprint density at radius 1 is 0.824 bits per heavy atom. The number of carbonyl (C=O) groups excluding carboxylic acids is 2. The summed E-state index contributed by atoms with van der Waals surface area (Å²) in [5, 5.41) is 2.99. The molecule has 1 N–H and O–H groups in total. The van der Waals surface area contributed by atoms with Crippen LogP contribution in [0, 0.1) is 0 Å². The Hall–Kier alpha value is -3.28. The Balaban J connectivity index is 1.61. The molecule has 2 aromatic carbocycles. The van der Waals surface area contributed by atoms with Crippen LogP contribution in [0.15, 0.2) is 53.7 Å². The molecule has 34 heavy (non-hydrogen) atoms. The molecule has 0 aromatic heterocycles. The van der Waals surface area contributed by atoms with Crippen molar-refractivity contribution in [3.8, 4) is 17.2 Å². The minimum atomic E-state index is -0.235. The fraction of sp³-hybridized carbons (Fsp3) is 0.429. The second-order valence-corrected chi connectivity index (χ2v) is 9.54. The molecule has 0 bridgehead atoms. The van der Waals surface area contributed by atoms with Gasteiger partial charge in [0.05, 0.1) is 19.3 Å². The number of Topliss-reactive ketones (excluding diaryl/α,β-unsaturated/α-hetero) is 1. The monoisotopic (exact) mass is 463 g/mol. The van der Waals surface area contributed by atoms with Crippen LogP contribution in [0.2, 0.25) is 0 Å². The molecule has 0 saturated heterocycles. The number of ether oxygens (including phenoxy) is 3. The fourth-order valence-electron chi connectivity index (χ4n) is 4.82. The van der Waals surface area contributed by atoms with Gasteiger partial charge in [-0.3, -0.25) is 9.59 Å². The number of rotatable bonds is 7. The van der Waals surface area contributed by atoms with E-state index in [1.165, 1.54) is 0 Å². The van der Waals surface area contributed by atoms with Gasteiger partial charge in [-0.15, -0.1) is 0 Å². The smallest absolute Gasteiger partial charge is 0.225 e. The van der Waals surface area contributed by atoms with Gasteiger partial charge in [-0.2, -0.15) is 0 Å². The highest BCUT2D eigenvalue weighted by molar-refractivity contribution is 6.02.